The van der Waals surface area contributed by atoms with Crippen LogP contribution in [-0.2, 0) is 0 Å². The molecule has 0 aliphatic carbocycles. The lowest BCUT2D eigenvalue weighted by Gasteiger charge is -2.03. The van der Waals surface area contributed by atoms with Gasteiger partial charge in [-0.1, -0.05) is 32.6 Å². The molecule has 0 aromatic carbocycles. The molecular formula is C15H18N2. The number of hydrogen-bond acceptors (Lipinski definition) is 1. The Balaban J connectivity index is 2.73. The standard InChI is InChI=1S/C15H18N2/c1-5-7-11-12-8-14(10(3)4)16-9-15(12)17-13(11)6-2/h5-10,17H,2H2,1,3-4H3/b7-5-. The van der Waals surface area contributed by atoms with Crippen molar-refractivity contribution in [2.75, 3.05) is 0 Å². The first-order valence-corrected chi connectivity index (χ1v) is 5.94. The summed E-state index contributed by atoms with van der Waals surface area (Å²) in [6.07, 6.45) is 7.92. The molecule has 2 aromatic heterocycles. The van der Waals surface area contributed by atoms with Crippen molar-refractivity contribution >= 4 is 23.1 Å². The summed E-state index contributed by atoms with van der Waals surface area (Å²) in [5.74, 6) is 0.444. The molecule has 0 saturated carbocycles. The van der Waals surface area contributed by atoms with Crippen molar-refractivity contribution in [3.8, 4) is 0 Å². The number of allylic oxidation sites excluding steroid dienone is 1. The third-order valence-corrected chi connectivity index (χ3v) is 2.90. The van der Waals surface area contributed by atoms with Gasteiger partial charge in [0.2, 0.25) is 0 Å². The minimum absolute atomic E-state index is 0.444. The van der Waals surface area contributed by atoms with Gasteiger partial charge in [0.15, 0.2) is 0 Å². The molecule has 2 aromatic rings. The fourth-order valence-electron chi connectivity index (χ4n) is 1.97. The lowest BCUT2D eigenvalue weighted by atomic mass is 10.1. The van der Waals surface area contributed by atoms with Gasteiger partial charge in [-0.05, 0) is 25.0 Å². The van der Waals surface area contributed by atoms with Crippen LogP contribution in [0.25, 0.3) is 23.1 Å². The minimum Gasteiger partial charge on any atom is -0.353 e. The highest BCUT2D eigenvalue weighted by Crippen LogP contribution is 2.26. The van der Waals surface area contributed by atoms with E-state index in [0.29, 0.717) is 5.92 Å². The van der Waals surface area contributed by atoms with Crippen LogP contribution < -0.4 is 0 Å². The molecule has 2 heteroatoms. The van der Waals surface area contributed by atoms with Crippen molar-refractivity contribution in [3.05, 3.63) is 41.9 Å². The Morgan fingerprint density at radius 2 is 2.18 bits per heavy atom. The fourth-order valence-corrected chi connectivity index (χ4v) is 1.97. The van der Waals surface area contributed by atoms with Crippen molar-refractivity contribution < 1.29 is 0 Å². The smallest absolute Gasteiger partial charge is 0.0651 e. The zero-order valence-electron chi connectivity index (χ0n) is 10.6. The number of H-pyrrole nitrogens is 1. The first-order valence-electron chi connectivity index (χ1n) is 5.94. The Morgan fingerprint density at radius 1 is 1.41 bits per heavy atom. The fraction of sp³-hybridized carbons (Fsp3) is 0.267. The van der Waals surface area contributed by atoms with Gasteiger partial charge in [0.1, 0.15) is 0 Å². The zero-order valence-corrected chi connectivity index (χ0v) is 10.6. The first kappa shape index (κ1) is 11.6. The molecule has 0 bridgehead atoms. The molecule has 0 radical (unpaired) electrons. The van der Waals surface area contributed by atoms with E-state index in [9.17, 15) is 0 Å². The third kappa shape index (κ3) is 2.03. The summed E-state index contributed by atoms with van der Waals surface area (Å²) < 4.78 is 0. The summed E-state index contributed by atoms with van der Waals surface area (Å²) in [5.41, 5.74) is 4.44. The molecule has 0 atom stereocenters. The Morgan fingerprint density at radius 3 is 2.76 bits per heavy atom. The van der Waals surface area contributed by atoms with E-state index in [-0.39, 0.29) is 0 Å². The zero-order chi connectivity index (χ0) is 12.4. The second-order valence-corrected chi connectivity index (χ2v) is 4.47. The van der Waals surface area contributed by atoms with Crippen LogP contribution in [-0.4, -0.2) is 9.97 Å². The second-order valence-electron chi connectivity index (χ2n) is 4.47. The Hall–Kier alpha value is -1.83. The predicted octanol–water partition coefficient (Wildman–Crippen LogP) is 4.36. The number of hydrogen-bond donors (Lipinski definition) is 1. The van der Waals surface area contributed by atoms with Gasteiger partial charge in [0, 0.05) is 22.3 Å². The van der Waals surface area contributed by atoms with Crippen LogP contribution in [0, 0.1) is 0 Å². The molecule has 2 nitrogen and oxygen atoms in total. The SMILES string of the molecule is C=Cc1[nH]c2cnc(C(C)C)cc2c1/C=C\C. The summed E-state index contributed by atoms with van der Waals surface area (Å²) in [6, 6.07) is 2.17. The molecule has 88 valence electrons. The summed E-state index contributed by atoms with van der Waals surface area (Å²) in [6.45, 7) is 10.2. The summed E-state index contributed by atoms with van der Waals surface area (Å²) in [4.78, 5) is 7.80. The maximum absolute atomic E-state index is 4.47. The normalized spacial score (nSPS) is 11.8. The van der Waals surface area contributed by atoms with Gasteiger partial charge in [-0.3, -0.25) is 4.98 Å². The predicted molar refractivity (Wildman–Crippen MR) is 75.0 cm³/mol. The number of aromatic amines is 1. The van der Waals surface area contributed by atoms with E-state index in [2.05, 4.69) is 42.5 Å². The van der Waals surface area contributed by atoms with E-state index in [1.807, 2.05) is 25.3 Å². The van der Waals surface area contributed by atoms with Crippen molar-refractivity contribution in [2.24, 2.45) is 0 Å². The van der Waals surface area contributed by atoms with Crippen LogP contribution in [0.15, 0.2) is 24.9 Å². The van der Waals surface area contributed by atoms with E-state index in [1.165, 1.54) is 10.9 Å². The molecule has 0 spiro atoms. The maximum atomic E-state index is 4.47. The quantitative estimate of drug-likeness (QED) is 0.827. The van der Waals surface area contributed by atoms with Crippen molar-refractivity contribution in [1.29, 1.82) is 0 Å². The van der Waals surface area contributed by atoms with Crippen LogP contribution in [0.4, 0.5) is 0 Å². The highest BCUT2D eigenvalue weighted by atomic mass is 14.8. The molecule has 17 heavy (non-hydrogen) atoms. The molecule has 0 saturated heterocycles. The topological polar surface area (TPSA) is 28.7 Å². The highest BCUT2D eigenvalue weighted by molar-refractivity contribution is 5.92. The maximum Gasteiger partial charge on any atom is 0.0651 e. The average molecular weight is 226 g/mol. The van der Waals surface area contributed by atoms with Crippen molar-refractivity contribution in [1.82, 2.24) is 9.97 Å². The van der Waals surface area contributed by atoms with Crippen LogP contribution in [0.2, 0.25) is 0 Å². The molecule has 0 aliphatic rings. The Labute approximate surface area is 102 Å². The largest absolute Gasteiger partial charge is 0.353 e. The summed E-state index contributed by atoms with van der Waals surface area (Å²) in [7, 11) is 0. The molecule has 0 unspecified atom stereocenters. The molecule has 2 heterocycles. The van der Waals surface area contributed by atoms with E-state index in [1.54, 1.807) is 0 Å². The van der Waals surface area contributed by atoms with Gasteiger partial charge < -0.3 is 4.98 Å². The second kappa shape index (κ2) is 4.58. The van der Waals surface area contributed by atoms with Crippen LogP contribution in [0.5, 0.6) is 0 Å². The number of nitrogens with zero attached hydrogens (tertiary/aromatic N) is 1. The first-order chi connectivity index (χ1) is 8.17. The van der Waals surface area contributed by atoms with Crippen molar-refractivity contribution in [2.45, 2.75) is 26.7 Å². The van der Waals surface area contributed by atoms with Crippen LogP contribution >= 0.6 is 0 Å². The Kier molecular flexibility index (Phi) is 3.14. The van der Waals surface area contributed by atoms with E-state index in [0.717, 1.165) is 16.9 Å². The molecule has 0 aliphatic heterocycles. The number of rotatable bonds is 3. The molecular weight excluding hydrogens is 208 g/mol. The monoisotopic (exact) mass is 226 g/mol. The summed E-state index contributed by atoms with van der Waals surface area (Å²) in [5, 5.41) is 1.22. The lowest BCUT2D eigenvalue weighted by Crippen LogP contribution is -1.91. The molecule has 2 rings (SSSR count). The van der Waals surface area contributed by atoms with Gasteiger partial charge in [0.05, 0.1) is 11.7 Å². The molecule has 1 N–H and O–H groups in total. The molecule has 0 amide bonds. The van der Waals surface area contributed by atoms with E-state index in [4.69, 9.17) is 0 Å². The lowest BCUT2D eigenvalue weighted by molar-refractivity contribution is 0.826. The van der Waals surface area contributed by atoms with Gasteiger partial charge in [-0.25, -0.2) is 0 Å². The highest BCUT2D eigenvalue weighted by Gasteiger charge is 2.09. The summed E-state index contributed by atoms with van der Waals surface area (Å²) >= 11 is 0. The van der Waals surface area contributed by atoms with Gasteiger partial charge in [-0.2, -0.15) is 0 Å². The number of aromatic nitrogens is 2. The minimum atomic E-state index is 0.444. The van der Waals surface area contributed by atoms with Crippen LogP contribution in [0.1, 0.15) is 43.6 Å². The van der Waals surface area contributed by atoms with E-state index >= 15 is 0 Å². The van der Waals surface area contributed by atoms with Crippen LogP contribution in [0.3, 0.4) is 0 Å². The van der Waals surface area contributed by atoms with Gasteiger partial charge in [0.25, 0.3) is 0 Å². The number of pyridine rings is 1. The number of nitrogens with one attached hydrogen (secondary N) is 1. The molecule has 0 fully saturated rings. The Bertz CT molecular complexity index is 574. The van der Waals surface area contributed by atoms with Crippen molar-refractivity contribution in [3.63, 3.8) is 0 Å². The average Bonchev–Trinajstić information content (AvgIpc) is 2.67. The van der Waals surface area contributed by atoms with E-state index < -0.39 is 0 Å². The van der Waals surface area contributed by atoms with Gasteiger partial charge in [-0.15, -0.1) is 0 Å². The third-order valence-electron chi connectivity index (χ3n) is 2.90. The number of fused-ring (bicyclic) bond motifs is 1. The van der Waals surface area contributed by atoms with Gasteiger partial charge >= 0.3 is 0 Å².